The van der Waals surface area contributed by atoms with Gasteiger partial charge in [0.2, 0.25) is 0 Å². The van der Waals surface area contributed by atoms with Crippen molar-refractivity contribution < 1.29 is 9.53 Å². The highest BCUT2D eigenvalue weighted by Crippen LogP contribution is 2.39. The molecule has 2 fully saturated rings. The molecule has 0 radical (unpaired) electrons. The van der Waals surface area contributed by atoms with Crippen LogP contribution in [0.2, 0.25) is 0 Å². The number of cyclic esters (lactones) is 1. The maximum absolute atomic E-state index is 11.3. The Bertz CT molecular complexity index is 443. The third-order valence-electron chi connectivity index (χ3n) is 4.69. The van der Waals surface area contributed by atoms with Crippen molar-refractivity contribution in [2.45, 2.75) is 57.5 Å². The van der Waals surface area contributed by atoms with Crippen LogP contribution in [0.15, 0.2) is 24.3 Å². The minimum absolute atomic E-state index is 0.00194. The topological polar surface area (TPSA) is 26.3 Å². The quantitative estimate of drug-likeness (QED) is 0.753. The second kappa shape index (κ2) is 5.36. The number of esters is 1. The summed E-state index contributed by atoms with van der Waals surface area (Å²) < 4.78 is 5.28. The zero-order valence-electron chi connectivity index (χ0n) is 11.6. The van der Waals surface area contributed by atoms with Crippen molar-refractivity contribution in [3.8, 4) is 0 Å². The second-order valence-corrected chi connectivity index (χ2v) is 5.87. The summed E-state index contributed by atoms with van der Waals surface area (Å²) >= 11 is 0. The van der Waals surface area contributed by atoms with Crippen molar-refractivity contribution in [2.75, 3.05) is 0 Å². The molecule has 0 N–H and O–H groups in total. The van der Waals surface area contributed by atoms with Gasteiger partial charge in [0.05, 0.1) is 5.92 Å². The van der Waals surface area contributed by atoms with Crippen LogP contribution in [0.4, 0.5) is 0 Å². The number of carbonyl (C=O) groups excluding carboxylic acids is 1. The van der Waals surface area contributed by atoms with Crippen molar-refractivity contribution in [2.24, 2.45) is 5.92 Å². The zero-order valence-corrected chi connectivity index (χ0v) is 11.6. The number of hydrogen-bond acceptors (Lipinski definition) is 2. The lowest BCUT2D eigenvalue weighted by molar-refractivity contribution is -0.186. The molecule has 0 unspecified atom stereocenters. The lowest BCUT2D eigenvalue weighted by atomic mass is 9.82. The van der Waals surface area contributed by atoms with Crippen LogP contribution in [0.25, 0.3) is 0 Å². The van der Waals surface area contributed by atoms with Crippen LogP contribution in [-0.2, 0) is 9.53 Å². The second-order valence-electron chi connectivity index (χ2n) is 5.87. The summed E-state index contributed by atoms with van der Waals surface area (Å²) in [5.74, 6) is 0.776. The van der Waals surface area contributed by atoms with Crippen molar-refractivity contribution in [1.29, 1.82) is 0 Å². The molecule has 2 aliphatic rings. The fourth-order valence-electron chi connectivity index (χ4n) is 3.42. The normalized spacial score (nSPS) is 27.7. The van der Waals surface area contributed by atoms with Crippen LogP contribution in [0.3, 0.4) is 0 Å². The average molecular weight is 258 g/mol. The van der Waals surface area contributed by atoms with E-state index >= 15 is 0 Å². The minimum Gasteiger partial charge on any atom is -0.456 e. The zero-order chi connectivity index (χ0) is 13.2. The Labute approximate surface area is 115 Å². The first kappa shape index (κ1) is 12.7. The van der Waals surface area contributed by atoms with E-state index in [-0.39, 0.29) is 18.0 Å². The van der Waals surface area contributed by atoms with Gasteiger partial charge in [-0.1, -0.05) is 50.5 Å². The van der Waals surface area contributed by atoms with E-state index in [1.54, 1.807) is 0 Å². The van der Waals surface area contributed by atoms with Gasteiger partial charge >= 0.3 is 5.97 Å². The minimum atomic E-state index is -0.0381. The molecule has 1 aliphatic heterocycles. The first-order valence-corrected chi connectivity index (χ1v) is 7.60. The van der Waals surface area contributed by atoms with E-state index in [0.717, 1.165) is 17.9 Å². The Kier molecular flexibility index (Phi) is 3.58. The Balaban J connectivity index is 1.70. The third-order valence-corrected chi connectivity index (χ3v) is 4.69. The highest BCUT2D eigenvalue weighted by Gasteiger charge is 2.41. The molecule has 1 aromatic rings. The molecule has 1 saturated heterocycles. The van der Waals surface area contributed by atoms with Crippen molar-refractivity contribution >= 4 is 5.97 Å². The molecule has 1 saturated carbocycles. The van der Waals surface area contributed by atoms with E-state index in [2.05, 4.69) is 31.2 Å². The monoisotopic (exact) mass is 258 g/mol. The van der Waals surface area contributed by atoms with Gasteiger partial charge in [0, 0.05) is 0 Å². The molecule has 0 spiro atoms. The highest BCUT2D eigenvalue weighted by atomic mass is 16.6. The first-order valence-electron chi connectivity index (χ1n) is 7.60. The summed E-state index contributed by atoms with van der Waals surface area (Å²) in [7, 11) is 0. The molecule has 1 heterocycles. The fourth-order valence-corrected chi connectivity index (χ4v) is 3.42. The number of benzene rings is 1. The van der Waals surface area contributed by atoms with Gasteiger partial charge in [-0.25, -0.2) is 0 Å². The number of hydrogen-bond donors (Lipinski definition) is 0. The molecule has 2 heteroatoms. The molecule has 102 valence electrons. The van der Waals surface area contributed by atoms with Crippen LogP contribution < -0.4 is 0 Å². The van der Waals surface area contributed by atoms with Crippen LogP contribution in [0.1, 0.15) is 68.6 Å². The van der Waals surface area contributed by atoms with E-state index in [1.165, 1.54) is 37.7 Å². The van der Waals surface area contributed by atoms with E-state index in [1.807, 2.05) is 0 Å². The molecule has 19 heavy (non-hydrogen) atoms. The predicted molar refractivity (Wildman–Crippen MR) is 74.9 cm³/mol. The lowest BCUT2D eigenvalue weighted by Gasteiger charge is -2.35. The maximum Gasteiger partial charge on any atom is 0.313 e. The van der Waals surface area contributed by atoms with Crippen molar-refractivity contribution in [3.63, 3.8) is 0 Å². The van der Waals surface area contributed by atoms with Gasteiger partial charge in [0.1, 0.15) is 6.10 Å². The molecular weight excluding hydrogens is 236 g/mol. The smallest absolute Gasteiger partial charge is 0.313 e. The molecule has 3 rings (SSSR count). The van der Waals surface area contributed by atoms with Crippen LogP contribution in [0.5, 0.6) is 0 Å². The summed E-state index contributed by atoms with van der Waals surface area (Å²) in [6.45, 7) is 2.05. The molecule has 1 aliphatic carbocycles. The Hall–Kier alpha value is -1.31. The van der Waals surface area contributed by atoms with Gasteiger partial charge in [-0.15, -0.1) is 0 Å². The number of rotatable bonds is 3. The summed E-state index contributed by atoms with van der Waals surface area (Å²) in [6.07, 6.45) is 7.65. The van der Waals surface area contributed by atoms with Gasteiger partial charge < -0.3 is 4.74 Å². The van der Waals surface area contributed by atoms with Gasteiger partial charge in [-0.3, -0.25) is 4.79 Å². The highest BCUT2D eigenvalue weighted by molar-refractivity contribution is 5.79. The molecule has 0 amide bonds. The van der Waals surface area contributed by atoms with E-state index < -0.39 is 0 Å². The summed E-state index contributed by atoms with van der Waals surface area (Å²) in [4.78, 5) is 11.3. The summed E-state index contributed by atoms with van der Waals surface area (Å²) in [5.41, 5.74) is 2.62. The maximum atomic E-state index is 11.3. The van der Waals surface area contributed by atoms with Crippen LogP contribution in [-0.4, -0.2) is 5.97 Å². The van der Waals surface area contributed by atoms with Gasteiger partial charge in [0.15, 0.2) is 0 Å². The van der Waals surface area contributed by atoms with Gasteiger partial charge in [-0.2, -0.15) is 0 Å². The van der Waals surface area contributed by atoms with E-state index in [4.69, 9.17) is 4.74 Å². The van der Waals surface area contributed by atoms with Gasteiger partial charge in [-0.05, 0) is 36.3 Å². The molecule has 2 atom stereocenters. The Morgan fingerprint density at radius 1 is 1.05 bits per heavy atom. The largest absolute Gasteiger partial charge is 0.456 e. The summed E-state index contributed by atoms with van der Waals surface area (Å²) in [5, 5.41) is 0. The number of ether oxygens (including phenoxy) is 1. The lowest BCUT2D eigenvalue weighted by Crippen LogP contribution is -2.37. The van der Waals surface area contributed by atoms with E-state index in [9.17, 15) is 4.79 Å². The first-order chi connectivity index (χ1) is 9.29. The molecule has 0 bridgehead atoms. The fraction of sp³-hybridized carbons (Fsp3) is 0.588. The van der Waals surface area contributed by atoms with Crippen LogP contribution >= 0.6 is 0 Å². The van der Waals surface area contributed by atoms with Gasteiger partial charge in [0.25, 0.3) is 0 Å². The average Bonchev–Trinajstić information content (AvgIpc) is 2.46. The van der Waals surface area contributed by atoms with Crippen molar-refractivity contribution in [1.82, 2.24) is 0 Å². The Morgan fingerprint density at radius 2 is 1.68 bits per heavy atom. The summed E-state index contributed by atoms with van der Waals surface area (Å²) in [6, 6.07) is 8.79. The van der Waals surface area contributed by atoms with Crippen molar-refractivity contribution in [3.05, 3.63) is 35.4 Å². The molecule has 0 aromatic heterocycles. The molecule has 1 aromatic carbocycles. The third kappa shape index (κ3) is 2.41. The predicted octanol–water partition coefficient (Wildman–Crippen LogP) is 4.36. The standard InChI is InChI=1S/C17H22O2/c1-2-15-16(19-17(15)18)14-10-8-13(9-11-14)12-6-4-3-5-7-12/h8-12,15-16H,2-7H2,1H3/t15-,16-/m0/s1. The van der Waals surface area contributed by atoms with Crippen LogP contribution in [0, 0.1) is 5.92 Å². The van der Waals surface area contributed by atoms with E-state index in [0.29, 0.717) is 0 Å². The molecular formula is C17H22O2. The Morgan fingerprint density at radius 3 is 2.26 bits per heavy atom. The SMILES string of the molecule is CC[C@@H]1C(=O)O[C@H]1c1ccc(C2CCCCC2)cc1. The number of carbonyl (C=O) groups is 1. The molecule has 2 nitrogen and oxygen atoms in total.